The van der Waals surface area contributed by atoms with E-state index in [-0.39, 0.29) is 17.9 Å². The fraction of sp³-hybridized carbons (Fsp3) is 0.667. The van der Waals surface area contributed by atoms with Crippen molar-refractivity contribution in [1.29, 1.82) is 0 Å². The summed E-state index contributed by atoms with van der Waals surface area (Å²) in [6.45, 7) is 3.95. The van der Waals surface area contributed by atoms with Crippen LogP contribution in [-0.4, -0.2) is 52.3 Å². The molecule has 5 nitrogen and oxygen atoms in total. The highest BCUT2D eigenvalue weighted by Gasteiger charge is 2.37. The topological polar surface area (TPSA) is 53.5 Å². The molecule has 0 aliphatic carbocycles. The van der Waals surface area contributed by atoms with Gasteiger partial charge in [0.1, 0.15) is 6.04 Å². The van der Waals surface area contributed by atoms with Crippen molar-refractivity contribution < 1.29 is 9.59 Å². The van der Waals surface area contributed by atoms with Crippen molar-refractivity contribution in [2.75, 3.05) is 19.6 Å². The van der Waals surface area contributed by atoms with Crippen LogP contribution in [-0.2, 0) is 16.0 Å². The zero-order valence-electron chi connectivity index (χ0n) is 12.4. The first-order valence-electron chi connectivity index (χ1n) is 7.64. The van der Waals surface area contributed by atoms with Gasteiger partial charge in [-0.3, -0.25) is 9.59 Å². The minimum absolute atomic E-state index is 0.133. The molecule has 21 heavy (non-hydrogen) atoms. The summed E-state index contributed by atoms with van der Waals surface area (Å²) in [5.74, 6) is 0.273. The van der Waals surface area contributed by atoms with Crippen LogP contribution >= 0.6 is 11.3 Å². The summed E-state index contributed by atoms with van der Waals surface area (Å²) in [4.78, 5) is 32.9. The van der Waals surface area contributed by atoms with Gasteiger partial charge in [-0.15, -0.1) is 11.3 Å². The number of aryl methyl sites for hydroxylation is 1. The largest absolute Gasteiger partial charge is 0.340 e. The van der Waals surface area contributed by atoms with Crippen LogP contribution in [0.4, 0.5) is 0 Å². The molecule has 1 unspecified atom stereocenters. The lowest BCUT2D eigenvalue weighted by Crippen LogP contribution is -2.50. The number of fused-ring (bicyclic) bond motifs is 1. The van der Waals surface area contributed by atoms with Crippen molar-refractivity contribution in [3.63, 3.8) is 0 Å². The van der Waals surface area contributed by atoms with E-state index in [0.29, 0.717) is 19.5 Å². The summed E-state index contributed by atoms with van der Waals surface area (Å²) in [6.07, 6.45) is 4.12. The van der Waals surface area contributed by atoms with E-state index in [4.69, 9.17) is 0 Å². The van der Waals surface area contributed by atoms with Gasteiger partial charge < -0.3 is 9.80 Å². The molecule has 0 radical (unpaired) electrons. The Balaban J connectivity index is 1.67. The molecule has 0 saturated carbocycles. The van der Waals surface area contributed by atoms with Crippen LogP contribution in [0.25, 0.3) is 0 Å². The van der Waals surface area contributed by atoms with Gasteiger partial charge in [-0.2, -0.15) is 0 Å². The van der Waals surface area contributed by atoms with Crippen molar-refractivity contribution in [3.05, 3.63) is 16.1 Å². The van der Waals surface area contributed by atoms with Crippen molar-refractivity contribution in [1.82, 2.24) is 14.8 Å². The quantitative estimate of drug-likeness (QED) is 0.852. The van der Waals surface area contributed by atoms with Gasteiger partial charge in [-0.1, -0.05) is 0 Å². The summed E-state index contributed by atoms with van der Waals surface area (Å²) in [5.41, 5.74) is 1.03. The standard InChI is InChI=1S/C15H21N3O2S/c1-11-10-21-13(16-11)5-8-17-9-6-14(19)18-7-3-2-4-12(18)15(17)20/h10,12H,2-9H2,1H3. The molecule has 2 fully saturated rings. The first kappa shape index (κ1) is 14.5. The molecule has 1 atom stereocenters. The van der Waals surface area contributed by atoms with Crippen LogP contribution in [0.15, 0.2) is 5.38 Å². The molecule has 3 rings (SSSR count). The monoisotopic (exact) mass is 307 g/mol. The Morgan fingerprint density at radius 1 is 1.33 bits per heavy atom. The number of nitrogens with zero attached hydrogens (tertiary/aromatic N) is 3. The van der Waals surface area contributed by atoms with Gasteiger partial charge in [0.25, 0.3) is 0 Å². The molecule has 6 heteroatoms. The van der Waals surface area contributed by atoms with E-state index in [1.54, 1.807) is 16.2 Å². The molecule has 0 spiro atoms. The van der Waals surface area contributed by atoms with Crippen LogP contribution in [0.5, 0.6) is 0 Å². The molecule has 2 aliphatic rings. The average Bonchev–Trinajstić information content (AvgIpc) is 2.87. The minimum atomic E-state index is -0.216. The third kappa shape index (κ3) is 3.10. The normalized spacial score (nSPS) is 23.2. The van der Waals surface area contributed by atoms with E-state index >= 15 is 0 Å². The van der Waals surface area contributed by atoms with Gasteiger partial charge in [0.15, 0.2) is 0 Å². The number of thiazole rings is 1. The van der Waals surface area contributed by atoms with Crippen LogP contribution in [0.2, 0.25) is 0 Å². The molecular formula is C15H21N3O2S. The number of piperidine rings is 1. The summed E-state index contributed by atoms with van der Waals surface area (Å²) in [5, 5.41) is 3.10. The summed E-state index contributed by atoms with van der Waals surface area (Å²) < 4.78 is 0. The lowest BCUT2D eigenvalue weighted by Gasteiger charge is -2.34. The zero-order valence-corrected chi connectivity index (χ0v) is 13.2. The van der Waals surface area contributed by atoms with E-state index in [0.717, 1.165) is 42.9 Å². The van der Waals surface area contributed by atoms with Crippen molar-refractivity contribution in [3.8, 4) is 0 Å². The van der Waals surface area contributed by atoms with E-state index < -0.39 is 0 Å². The number of hydrogen-bond donors (Lipinski definition) is 0. The molecule has 0 N–H and O–H groups in total. The number of rotatable bonds is 3. The second kappa shape index (κ2) is 6.13. The second-order valence-corrected chi connectivity index (χ2v) is 6.75. The van der Waals surface area contributed by atoms with Crippen molar-refractivity contribution in [2.24, 2.45) is 0 Å². The molecular weight excluding hydrogens is 286 g/mol. The van der Waals surface area contributed by atoms with Crippen LogP contribution in [0.1, 0.15) is 36.4 Å². The van der Waals surface area contributed by atoms with Crippen LogP contribution in [0, 0.1) is 6.92 Å². The first-order valence-corrected chi connectivity index (χ1v) is 8.52. The number of aromatic nitrogens is 1. The minimum Gasteiger partial charge on any atom is -0.340 e. The summed E-state index contributed by atoms with van der Waals surface area (Å²) in [6, 6.07) is -0.216. The van der Waals surface area contributed by atoms with E-state index in [2.05, 4.69) is 4.98 Å². The third-order valence-electron chi connectivity index (χ3n) is 4.28. The third-order valence-corrected chi connectivity index (χ3v) is 5.30. The van der Waals surface area contributed by atoms with Crippen LogP contribution < -0.4 is 0 Å². The van der Waals surface area contributed by atoms with E-state index in [1.807, 2.05) is 17.2 Å². The molecule has 2 aliphatic heterocycles. The van der Waals surface area contributed by atoms with Crippen LogP contribution in [0.3, 0.4) is 0 Å². The maximum atomic E-state index is 12.7. The van der Waals surface area contributed by atoms with E-state index in [9.17, 15) is 9.59 Å². The summed E-state index contributed by atoms with van der Waals surface area (Å²) in [7, 11) is 0. The predicted molar refractivity (Wildman–Crippen MR) is 81.1 cm³/mol. The Bertz CT molecular complexity index is 543. The van der Waals surface area contributed by atoms with Gasteiger partial charge >= 0.3 is 0 Å². The Morgan fingerprint density at radius 3 is 2.95 bits per heavy atom. The fourth-order valence-electron chi connectivity index (χ4n) is 3.15. The van der Waals surface area contributed by atoms with Crippen molar-refractivity contribution in [2.45, 2.75) is 45.1 Å². The number of carbonyl (C=O) groups is 2. The van der Waals surface area contributed by atoms with Gasteiger partial charge in [0.2, 0.25) is 11.8 Å². The fourth-order valence-corrected chi connectivity index (χ4v) is 3.92. The lowest BCUT2D eigenvalue weighted by molar-refractivity contribution is -0.143. The summed E-state index contributed by atoms with van der Waals surface area (Å²) >= 11 is 1.64. The highest BCUT2D eigenvalue weighted by molar-refractivity contribution is 7.09. The number of hydrogen-bond acceptors (Lipinski definition) is 4. The average molecular weight is 307 g/mol. The zero-order chi connectivity index (χ0) is 14.8. The lowest BCUT2D eigenvalue weighted by atomic mass is 10.0. The van der Waals surface area contributed by atoms with Gasteiger partial charge in [0.05, 0.1) is 5.01 Å². The molecule has 2 saturated heterocycles. The molecule has 0 aromatic carbocycles. The predicted octanol–water partition coefficient (Wildman–Crippen LogP) is 1.61. The molecule has 3 heterocycles. The van der Waals surface area contributed by atoms with Gasteiger partial charge in [-0.25, -0.2) is 4.98 Å². The Hall–Kier alpha value is -1.43. The Labute approximate surface area is 129 Å². The SMILES string of the molecule is Cc1csc(CCN2CCC(=O)N3CCCCC3C2=O)n1. The Morgan fingerprint density at radius 2 is 2.19 bits per heavy atom. The van der Waals surface area contributed by atoms with Crippen molar-refractivity contribution >= 4 is 23.2 Å². The smallest absolute Gasteiger partial charge is 0.245 e. The molecule has 2 amide bonds. The van der Waals surface area contributed by atoms with E-state index in [1.165, 1.54) is 0 Å². The molecule has 114 valence electrons. The molecule has 0 bridgehead atoms. The number of carbonyl (C=O) groups excluding carboxylic acids is 2. The first-order chi connectivity index (χ1) is 10.1. The maximum absolute atomic E-state index is 12.7. The van der Waals surface area contributed by atoms with Gasteiger partial charge in [-0.05, 0) is 26.2 Å². The maximum Gasteiger partial charge on any atom is 0.245 e. The molecule has 1 aromatic rings. The second-order valence-electron chi connectivity index (χ2n) is 5.81. The Kier molecular flexibility index (Phi) is 4.24. The molecule has 1 aromatic heterocycles. The highest BCUT2D eigenvalue weighted by Crippen LogP contribution is 2.23. The highest BCUT2D eigenvalue weighted by atomic mass is 32.1. The van der Waals surface area contributed by atoms with Gasteiger partial charge in [0, 0.05) is 43.5 Å². The number of amides is 2.